The van der Waals surface area contributed by atoms with Crippen LogP contribution in [0.1, 0.15) is 123 Å². The monoisotopic (exact) mass is 1070 g/mol. The summed E-state index contributed by atoms with van der Waals surface area (Å²) in [6, 6.07) is 20.5. The summed E-state index contributed by atoms with van der Waals surface area (Å²) in [5, 5.41) is 11.4. The molecule has 0 unspecified atom stereocenters. The molecule has 11 rings (SSSR count). The number of anilines is 1. The number of carbonyl (C=O) groups is 4. The van der Waals surface area contributed by atoms with Gasteiger partial charge in [0.2, 0.25) is 17.7 Å². The summed E-state index contributed by atoms with van der Waals surface area (Å²) in [5.74, 6) is -1.97. The summed E-state index contributed by atoms with van der Waals surface area (Å²) in [6.45, 7) is 6.86. The highest BCUT2D eigenvalue weighted by Gasteiger charge is 2.51. The fourth-order valence-electron chi connectivity index (χ4n) is 13.8. The van der Waals surface area contributed by atoms with Crippen LogP contribution < -0.4 is 30.7 Å². The van der Waals surface area contributed by atoms with Crippen LogP contribution in [0.25, 0.3) is 22.0 Å². The quantitative estimate of drug-likeness (QED) is 0.0858. The van der Waals surface area contributed by atoms with Crippen molar-refractivity contribution in [2.24, 2.45) is 24.1 Å². The Morgan fingerprint density at radius 2 is 1.66 bits per heavy atom. The number of fused-ring (bicyclic) bond motifs is 2. The second kappa shape index (κ2) is 21.6. The Bertz CT molecular complexity index is 3070. The number of carbonyl (C=O) groups excluding carboxylic acids is 4. The molecule has 2 saturated carbocycles. The number of methoxy groups -OCH3 is 1. The molecular formula is C59H69ClF2N8O7. The van der Waals surface area contributed by atoms with Crippen molar-refractivity contribution in [3.8, 4) is 22.6 Å². The number of aromatic nitrogens is 2. The Hall–Kier alpha value is -6.14. The van der Waals surface area contributed by atoms with E-state index in [0.29, 0.717) is 54.2 Å². The van der Waals surface area contributed by atoms with Gasteiger partial charge in [0.1, 0.15) is 23.8 Å². The molecule has 408 valence electrons. The van der Waals surface area contributed by atoms with Crippen molar-refractivity contribution in [2.45, 2.75) is 113 Å². The number of ether oxygens (including phenoxy) is 3. The smallest absolute Gasteiger partial charge is 0.329 e. The lowest BCUT2D eigenvalue weighted by Crippen LogP contribution is -2.57. The standard InChI is InChI=1S/C59H69ClF2N8O7/c1-35-49-47(32-44(61)52(60)51(49)50-43(54(63)72)15-16-46(53(50)62)76-30-29-75-3)77-59(35,39-7-5-4-6-8-39)20-23-64-40-12-9-37(10-13-40)56(73)69-27-21-58(22-28-69)33-41(34-58)68-24-17-36(18-25-68)38-11-14-42-45(31-38)67(2)66-55(42)70-26-19-48(71)65-57(70)74/h4-8,11,14-16,31-32,35-37,40-41,64H,9-10,12-13,17-30,33-34H2,1-3H3,(H2,63,72)(H,65,71,74)/t35-,37?,40?,59-/m0/s1. The highest BCUT2D eigenvalue weighted by Crippen LogP contribution is 2.58. The number of nitrogens with two attached hydrogens (primary N) is 1. The minimum Gasteiger partial charge on any atom is -0.488 e. The molecule has 2 atom stereocenters. The molecule has 0 radical (unpaired) electrons. The lowest BCUT2D eigenvalue weighted by Gasteiger charge is -2.56. The van der Waals surface area contributed by atoms with Crippen LogP contribution in [0.2, 0.25) is 5.02 Å². The number of nitrogens with one attached hydrogen (secondary N) is 2. The maximum Gasteiger partial charge on any atom is 0.329 e. The van der Waals surface area contributed by atoms with E-state index in [1.807, 2.05) is 49.0 Å². The van der Waals surface area contributed by atoms with Crippen molar-refractivity contribution in [1.29, 1.82) is 0 Å². The van der Waals surface area contributed by atoms with Crippen molar-refractivity contribution in [3.63, 3.8) is 0 Å². The number of urea groups is 1. The van der Waals surface area contributed by atoms with E-state index < -0.39 is 35.1 Å². The predicted octanol–water partition coefficient (Wildman–Crippen LogP) is 9.32. The molecule has 5 amide bonds. The van der Waals surface area contributed by atoms with Gasteiger partial charge in [0.15, 0.2) is 17.4 Å². The number of piperidine rings is 2. The summed E-state index contributed by atoms with van der Waals surface area (Å²) in [6.07, 6.45) is 10.8. The summed E-state index contributed by atoms with van der Waals surface area (Å²) >= 11 is 6.77. The van der Waals surface area contributed by atoms with E-state index in [1.54, 1.807) is 4.90 Å². The van der Waals surface area contributed by atoms with Gasteiger partial charge in [-0.15, -0.1) is 0 Å². The van der Waals surface area contributed by atoms with Gasteiger partial charge in [-0.3, -0.25) is 29.3 Å². The first-order chi connectivity index (χ1) is 37.2. The van der Waals surface area contributed by atoms with Crippen molar-refractivity contribution in [2.75, 3.05) is 64.5 Å². The van der Waals surface area contributed by atoms with E-state index in [1.165, 1.54) is 43.7 Å². The lowest BCUT2D eigenvalue weighted by molar-refractivity contribution is -0.141. The van der Waals surface area contributed by atoms with Gasteiger partial charge in [-0.25, -0.2) is 13.6 Å². The van der Waals surface area contributed by atoms with Gasteiger partial charge in [-0.1, -0.05) is 54.9 Å². The second-order valence-electron chi connectivity index (χ2n) is 22.5. The average Bonchev–Trinajstić information content (AvgIpc) is 4.11. The minimum absolute atomic E-state index is 0.00194. The summed E-state index contributed by atoms with van der Waals surface area (Å²) in [4.78, 5) is 57.6. The number of nitrogens with zero attached hydrogens (tertiary/aromatic N) is 5. The maximum absolute atomic E-state index is 16.6. The zero-order valence-electron chi connectivity index (χ0n) is 44.2. The van der Waals surface area contributed by atoms with E-state index in [2.05, 4.69) is 43.7 Å². The van der Waals surface area contributed by atoms with Gasteiger partial charge in [0.05, 0.1) is 22.7 Å². The molecule has 5 fully saturated rings. The highest BCUT2D eigenvalue weighted by atomic mass is 35.5. The summed E-state index contributed by atoms with van der Waals surface area (Å²) in [5.41, 5.74) is 8.33. The molecule has 2 aliphatic carbocycles. The number of rotatable bonds is 15. The Labute approximate surface area is 453 Å². The molecule has 4 N–H and O–H groups in total. The van der Waals surface area contributed by atoms with Gasteiger partial charge in [-0.05, 0) is 131 Å². The third-order valence-electron chi connectivity index (χ3n) is 18.2. The first kappa shape index (κ1) is 52.9. The lowest BCUT2D eigenvalue weighted by atomic mass is 9.59. The van der Waals surface area contributed by atoms with Crippen LogP contribution in [0.15, 0.2) is 66.7 Å². The molecule has 5 aromatic rings. The van der Waals surface area contributed by atoms with Gasteiger partial charge < -0.3 is 35.1 Å². The molecule has 77 heavy (non-hydrogen) atoms. The summed E-state index contributed by atoms with van der Waals surface area (Å²) < 4.78 is 52.0. The molecule has 1 aromatic heterocycles. The zero-order valence-corrected chi connectivity index (χ0v) is 44.9. The van der Waals surface area contributed by atoms with Crippen LogP contribution in [-0.2, 0) is 27.0 Å². The van der Waals surface area contributed by atoms with Crippen LogP contribution in [-0.4, -0.2) is 115 Å². The molecular weight excluding hydrogens is 1010 g/mol. The fraction of sp³-hybridized carbons (Fsp3) is 0.508. The molecule has 0 bridgehead atoms. The van der Waals surface area contributed by atoms with Gasteiger partial charge in [0.25, 0.3) is 0 Å². The fourth-order valence-corrected chi connectivity index (χ4v) is 14.1. The number of benzene rings is 4. The van der Waals surface area contributed by atoms with Crippen LogP contribution >= 0.6 is 11.6 Å². The van der Waals surface area contributed by atoms with Crippen LogP contribution in [0, 0.1) is 23.0 Å². The molecule has 1 spiro atoms. The number of hydrogen-bond acceptors (Lipinski definition) is 10. The number of amides is 5. The Morgan fingerprint density at radius 3 is 2.36 bits per heavy atom. The number of aryl methyl sites for hydroxylation is 1. The summed E-state index contributed by atoms with van der Waals surface area (Å²) in [7, 11) is 3.40. The normalized spacial score (nSPS) is 23.9. The zero-order chi connectivity index (χ0) is 53.8. The maximum atomic E-state index is 16.6. The van der Waals surface area contributed by atoms with Gasteiger partial charge in [0, 0.05) is 98.7 Å². The van der Waals surface area contributed by atoms with Crippen molar-refractivity contribution < 1.29 is 42.2 Å². The van der Waals surface area contributed by atoms with Crippen LogP contribution in [0.3, 0.4) is 0 Å². The first-order valence-corrected chi connectivity index (χ1v) is 27.9. The number of imide groups is 1. The largest absolute Gasteiger partial charge is 0.488 e. The predicted molar refractivity (Wildman–Crippen MR) is 289 cm³/mol. The van der Waals surface area contributed by atoms with E-state index in [-0.39, 0.29) is 70.7 Å². The van der Waals surface area contributed by atoms with Gasteiger partial charge >= 0.3 is 6.03 Å². The van der Waals surface area contributed by atoms with Gasteiger partial charge in [-0.2, -0.15) is 5.10 Å². The average molecular weight is 1080 g/mol. The number of likely N-dealkylation sites (tertiary alicyclic amines) is 2. The molecule has 18 heteroatoms. The molecule has 3 saturated heterocycles. The van der Waals surface area contributed by atoms with E-state index in [9.17, 15) is 19.2 Å². The number of halogens is 3. The molecule has 4 aliphatic heterocycles. The molecule has 4 aromatic carbocycles. The number of primary amides is 1. The van der Waals surface area contributed by atoms with Crippen molar-refractivity contribution >= 4 is 52.1 Å². The molecule has 6 aliphatic rings. The highest BCUT2D eigenvalue weighted by molar-refractivity contribution is 6.34. The van der Waals surface area contributed by atoms with Crippen LogP contribution in [0.5, 0.6) is 11.5 Å². The van der Waals surface area contributed by atoms with Crippen LogP contribution in [0.4, 0.5) is 19.4 Å². The Kier molecular flexibility index (Phi) is 14.8. The molecule has 5 heterocycles. The third kappa shape index (κ3) is 9.94. The second-order valence-corrected chi connectivity index (χ2v) is 22.9. The molecule has 15 nitrogen and oxygen atoms in total. The van der Waals surface area contributed by atoms with E-state index in [4.69, 9.17) is 31.5 Å². The Balaban J connectivity index is 0.665. The van der Waals surface area contributed by atoms with E-state index in [0.717, 1.165) is 94.0 Å². The topological polar surface area (TPSA) is 174 Å². The van der Waals surface area contributed by atoms with Crippen molar-refractivity contribution in [1.82, 2.24) is 30.2 Å². The minimum atomic E-state index is -1.01. The third-order valence-corrected chi connectivity index (χ3v) is 18.6. The first-order valence-electron chi connectivity index (χ1n) is 27.5. The SMILES string of the molecule is COCCOc1ccc(C(N)=O)c(-c2c(Cl)c(F)cc3c2[C@H](C)[C@@](CCNC2CCC(C(=O)N4CCC5(CC4)CC(N4CCC(c6ccc7c(N8CCC(=O)NC8=O)nn(C)c7c6)CC4)C5)CC2)(c2ccccc2)O3)c1F. The number of hydrogen-bond donors (Lipinski definition) is 3. The van der Waals surface area contributed by atoms with Crippen molar-refractivity contribution in [3.05, 3.63) is 106 Å². The Morgan fingerprint density at radius 1 is 0.922 bits per heavy atom. The van der Waals surface area contributed by atoms with E-state index >= 15 is 8.78 Å².